The summed E-state index contributed by atoms with van der Waals surface area (Å²) in [6, 6.07) is 14.5. The van der Waals surface area contributed by atoms with E-state index in [1.807, 2.05) is 32.0 Å². The zero-order valence-corrected chi connectivity index (χ0v) is 18.9. The van der Waals surface area contributed by atoms with Crippen molar-refractivity contribution in [2.24, 2.45) is 15.9 Å². The highest BCUT2D eigenvalue weighted by molar-refractivity contribution is 6.09. The van der Waals surface area contributed by atoms with Crippen LogP contribution in [0, 0.1) is 5.92 Å². The van der Waals surface area contributed by atoms with E-state index >= 15 is 0 Å². The molecule has 0 aliphatic carbocycles. The molecule has 0 bridgehead atoms. The number of rotatable bonds is 5. The maximum Gasteiger partial charge on any atom is 0.315 e. The molecule has 2 atom stereocenters. The summed E-state index contributed by atoms with van der Waals surface area (Å²) in [5.74, 6) is -0.450. The van der Waals surface area contributed by atoms with Gasteiger partial charge in [0.2, 0.25) is 5.90 Å². The lowest BCUT2D eigenvalue weighted by Gasteiger charge is -2.33. The lowest BCUT2D eigenvalue weighted by molar-refractivity contribution is -0.146. The minimum absolute atomic E-state index is 0.257. The van der Waals surface area contributed by atoms with Gasteiger partial charge in [-0.2, -0.15) is 0 Å². The SMILES string of the molecule is CCOC(=O)C1C(C)=NC(CC)=C(C2=NC(C)(C)CO2)C1c1cccc2ccccc12. The van der Waals surface area contributed by atoms with Crippen LogP contribution in [0.25, 0.3) is 10.8 Å². The lowest BCUT2D eigenvalue weighted by atomic mass is 9.74. The molecule has 2 heterocycles. The van der Waals surface area contributed by atoms with Crippen molar-refractivity contribution in [2.45, 2.75) is 52.5 Å². The van der Waals surface area contributed by atoms with Crippen molar-refractivity contribution in [3.8, 4) is 0 Å². The van der Waals surface area contributed by atoms with Crippen LogP contribution in [0.4, 0.5) is 0 Å². The number of allylic oxidation sites excluding steroid dienone is 1. The zero-order valence-electron chi connectivity index (χ0n) is 18.9. The predicted molar refractivity (Wildman–Crippen MR) is 125 cm³/mol. The molecule has 0 spiro atoms. The first-order valence-electron chi connectivity index (χ1n) is 11.0. The largest absolute Gasteiger partial charge is 0.475 e. The fourth-order valence-electron chi connectivity index (χ4n) is 4.57. The number of esters is 1. The van der Waals surface area contributed by atoms with Crippen LogP contribution in [0.3, 0.4) is 0 Å². The summed E-state index contributed by atoms with van der Waals surface area (Å²) in [7, 11) is 0. The molecule has 2 aliphatic heterocycles. The zero-order chi connectivity index (χ0) is 22.2. The Morgan fingerprint density at radius 1 is 1.16 bits per heavy atom. The molecule has 0 fully saturated rings. The first-order valence-corrected chi connectivity index (χ1v) is 11.0. The van der Waals surface area contributed by atoms with Crippen LogP contribution in [0.2, 0.25) is 0 Å². The number of hydrogen-bond donors (Lipinski definition) is 0. The molecular formula is C26H30N2O3. The topological polar surface area (TPSA) is 60.2 Å². The number of nitrogens with zero attached hydrogens (tertiary/aromatic N) is 2. The standard InChI is InChI=1S/C26H30N2O3/c1-6-20-23(24-28-26(4,5)15-31-24)22(21(16(3)27-20)25(29)30-7-2)19-14-10-12-17-11-8-9-13-18(17)19/h8-14,21-22H,6-7,15H2,1-5H3. The monoisotopic (exact) mass is 418 g/mol. The Balaban J connectivity index is 1.99. The first-order chi connectivity index (χ1) is 14.9. The van der Waals surface area contributed by atoms with Crippen molar-refractivity contribution in [1.82, 2.24) is 0 Å². The van der Waals surface area contributed by atoms with Gasteiger partial charge in [-0.05, 0) is 50.5 Å². The average molecular weight is 419 g/mol. The third-order valence-electron chi connectivity index (χ3n) is 5.95. The molecular weight excluding hydrogens is 388 g/mol. The molecule has 0 amide bonds. The van der Waals surface area contributed by atoms with E-state index in [9.17, 15) is 4.79 Å². The predicted octanol–water partition coefficient (Wildman–Crippen LogP) is 5.45. The number of aliphatic imine (C=N–C) groups is 2. The van der Waals surface area contributed by atoms with Crippen molar-refractivity contribution in [3.63, 3.8) is 0 Å². The number of hydrogen-bond acceptors (Lipinski definition) is 5. The van der Waals surface area contributed by atoms with Crippen molar-refractivity contribution in [3.05, 3.63) is 59.3 Å². The molecule has 0 saturated carbocycles. The van der Waals surface area contributed by atoms with Crippen LogP contribution < -0.4 is 0 Å². The number of fused-ring (bicyclic) bond motifs is 1. The van der Waals surface area contributed by atoms with Gasteiger partial charge in [-0.15, -0.1) is 0 Å². The van der Waals surface area contributed by atoms with Crippen LogP contribution in [-0.2, 0) is 14.3 Å². The van der Waals surface area contributed by atoms with Crippen molar-refractivity contribution < 1.29 is 14.3 Å². The van der Waals surface area contributed by atoms with Crippen molar-refractivity contribution >= 4 is 28.4 Å². The summed E-state index contributed by atoms with van der Waals surface area (Å²) in [6.45, 7) is 10.8. The van der Waals surface area contributed by atoms with Gasteiger partial charge < -0.3 is 9.47 Å². The average Bonchev–Trinajstić information content (AvgIpc) is 3.11. The van der Waals surface area contributed by atoms with Gasteiger partial charge in [0.05, 0.1) is 12.1 Å². The van der Waals surface area contributed by atoms with E-state index in [4.69, 9.17) is 19.5 Å². The molecule has 5 nitrogen and oxygen atoms in total. The van der Waals surface area contributed by atoms with Gasteiger partial charge in [0.1, 0.15) is 12.5 Å². The van der Waals surface area contributed by atoms with Crippen molar-refractivity contribution in [2.75, 3.05) is 13.2 Å². The minimum Gasteiger partial charge on any atom is -0.475 e. The number of ether oxygens (including phenoxy) is 2. The quantitative estimate of drug-likeness (QED) is 0.607. The maximum absolute atomic E-state index is 13.2. The molecule has 0 aromatic heterocycles. The summed E-state index contributed by atoms with van der Waals surface area (Å²) in [5.41, 5.74) is 3.37. The fourth-order valence-corrected chi connectivity index (χ4v) is 4.57. The number of carbonyl (C=O) groups excluding carboxylic acids is 1. The Morgan fingerprint density at radius 2 is 1.90 bits per heavy atom. The molecule has 4 rings (SSSR count). The van der Waals surface area contributed by atoms with Gasteiger partial charge in [0, 0.05) is 22.9 Å². The number of benzene rings is 2. The van der Waals surface area contributed by atoms with E-state index in [1.165, 1.54) is 0 Å². The van der Waals surface area contributed by atoms with Gasteiger partial charge in [0.25, 0.3) is 0 Å². The molecule has 2 unspecified atom stereocenters. The Labute approximate surface area is 183 Å². The van der Waals surface area contributed by atoms with E-state index in [2.05, 4.69) is 45.0 Å². The summed E-state index contributed by atoms with van der Waals surface area (Å²) in [5, 5.41) is 2.25. The molecule has 162 valence electrons. The Morgan fingerprint density at radius 3 is 2.58 bits per heavy atom. The van der Waals surface area contributed by atoms with Crippen LogP contribution in [-0.4, -0.2) is 36.3 Å². The smallest absolute Gasteiger partial charge is 0.315 e. The van der Waals surface area contributed by atoms with Gasteiger partial charge in [-0.1, -0.05) is 49.4 Å². The molecule has 5 heteroatoms. The second-order valence-electron chi connectivity index (χ2n) is 8.76. The van der Waals surface area contributed by atoms with Gasteiger partial charge in [-0.3, -0.25) is 9.79 Å². The normalized spacial score (nSPS) is 22.7. The highest BCUT2D eigenvalue weighted by Crippen LogP contribution is 2.44. The summed E-state index contributed by atoms with van der Waals surface area (Å²) >= 11 is 0. The molecule has 0 saturated heterocycles. The second kappa shape index (κ2) is 8.29. The molecule has 0 N–H and O–H groups in total. The van der Waals surface area contributed by atoms with Gasteiger partial charge in [-0.25, -0.2) is 4.99 Å². The van der Waals surface area contributed by atoms with Crippen LogP contribution >= 0.6 is 0 Å². The van der Waals surface area contributed by atoms with Crippen LogP contribution in [0.5, 0.6) is 0 Å². The van der Waals surface area contributed by atoms with Gasteiger partial charge >= 0.3 is 5.97 Å². The molecule has 2 aromatic carbocycles. The van der Waals surface area contributed by atoms with E-state index in [1.54, 1.807) is 0 Å². The van der Waals surface area contributed by atoms with E-state index < -0.39 is 5.92 Å². The molecule has 2 aliphatic rings. The van der Waals surface area contributed by atoms with Crippen LogP contribution in [0.15, 0.2) is 63.7 Å². The third kappa shape index (κ3) is 3.89. The Hall–Kier alpha value is -2.95. The summed E-state index contributed by atoms with van der Waals surface area (Å²) in [4.78, 5) is 22.9. The highest BCUT2D eigenvalue weighted by atomic mass is 16.5. The number of carbonyl (C=O) groups is 1. The highest BCUT2D eigenvalue weighted by Gasteiger charge is 2.44. The van der Waals surface area contributed by atoms with E-state index in [-0.39, 0.29) is 17.4 Å². The van der Waals surface area contributed by atoms with Gasteiger partial charge in [0.15, 0.2) is 0 Å². The molecule has 2 aromatic rings. The van der Waals surface area contributed by atoms with Crippen LogP contribution in [0.1, 0.15) is 52.5 Å². The fraction of sp³-hybridized carbons (Fsp3) is 0.423. The Bertz CT molecular complexity index is 1110. The second-order valence-corrected chi connectivity index (χ2v) is 8.76. The Kier molecular flexibility index (Phi) is 5.69. The maximum atomic E-state index is 13.2. The molecule has 31 heavy (non-hydrogen) atoms. The first kappa shape index (κ1) is 21.3. The minimum atomic E-state index is -0.522. The summed E-state index contributed by atoms with van der Waals surface area (Å²) < 4.78 is 11.6. The third-order valence-corrected chi connectivity index (χ3v) is 5.95. The van der Waals surface area contributed by atoms with Crippen molar-refractivity contribution in [1.29, 1.82) is 0 Å². The lowest BCUT2D eigenvalue weighted by Crippen LogP contribution is -2.36. The van der Waals surface area contributed by atoms with E-state index in [0.717, 1.165) is 39.7 Å². The summed E-state index contributed by atoms with van der Waals surface area (Å²) in [6.07, 6.45) is 0.728. The molecule has 0 radical (unpaired) electrons. The van der Waals surface area contributed by atoms with E-state index in [0.29, 0.717) is 19.1 Å².